The van der Waals surface area contributed by atoms with E-state index in [-0.39, 0.29) is 0 Å². The number of hydrogen-bond donors (Lipinski definition) is 2. The van der Waals surface area contributed by atoms with Crippen LogP contribution in [0.3, 0.4) is 0 Å². The molecule has 0 saturated carbocycles. The fourth-order valence-corrected chi connectivity index (χ4v) is 1.10. The van der Waals surface area contributed by atoms with E-state index in [1.54, 1.807) is 7.05 Å². The Morgan fingerprint density at radius 3 is 2.42 bits per heavy atom. The number of hydrogen-bond acceptors (Lipinski definition) is 2. The van der Waals surface area contributed by atoms with Gasteiger partial charge in [0.05, 0.1) is 0 Å². The molecular formula is C9H22N3+. The number of unbranched alkanes of at least 4 members (excludes halogenated alkanes) is 4. The lowest BCUT2D eigenvalue weighted by molar-refractivity contribution is -0.592. The highest BCUT2D eigenvalue weighted by Gasteiger charge is 1.92. The summed E-state index contributed by atoms with van der Waals surface area (Å²) in [5, 5.41) is 3.20. The predicted octanol–water partition coefficient (Wildman–Crippen LogP) is 2.18. The molecule has 0 saturated heterocycles. The summed E-state index contributed by atoms with van der Waals surface area (Å²) in [4.78, 5) is 0. The van der Waals surface area contributed by atoms with Gasteiger partial charge in [-0.15, -0.1) is 4.70 Å². The first kappa shape index (κ1) is 11.6. The van der Waals surface area contributed by atoms with Crippen molar-refractivity contribution < 1.29 is 4.70 Å². The lowest BCUT2D eigenvalue weighted by Gasteiger charge is -1.99. The SMILES string of the molecule is CCCCCCCNC[N+](C)=N. The summed E-state index contributed by atoms with van der Waals surface area (Å²) >= 11 is 0. The van der Waals surface area contributed by atoms with E-state index in [1.807, 2.05) is 0 Å². The summed E-state index contributed by atoms with van der Waals surface area (Å²) in [5.74, 6) is 0. The zero-order valence-electron chi connectivity index (χ0n) is 8.40. The van der Waals surface area contributed by atoms with Crippen LogP contribution in [0.5, 0.6) is 0 Å². The summed E-state index contributed by atoms with van der Waals surface area (Å²) in [6, 6.07) is 0. The highest BCUT2D eigenvalue weighted by Crippen LogP contribution is 2.00. The summed E-state index contributed by atoms with van der Waals surface area (Å²) < 4.78 is 1.41. The maximum atomic E-state index is 7.09. The van der Waals surface area contributed by atoms with Crippen molar-refractivity contribution in [3.63, 3.8) is 0 Å². The van der Waals surface area contributed by atoms with Crippen LogP contribution < -0.4 is 5.32 Å². The van der Waals surface area contributed by atoms with E-state index >= 15 is 0 Å². The van der Waals surface area contributed by atoms with Crippen LogP contribution in [0, 0.1) is 5.53 Å². The monoisotopic (exact) mass is 172 g/mol. The van der Waals surface area contributed by atoms with Crippen molar-refractivity contribution in [3.05, 3.63) is 0 Å². The van der Waals surface area contributed by atoms with Crippen molar-refractivity contribution in [1.29, 1.82) is 5.53 Å². The van der Waals surface area contributed by atoms with Crippen LogP contribution in [-0.2, 0) is 0 Å². The standard InChI is InChI=1S/C9H22N3/c1-3-4-5-6-7-8-11-9-12(2)10/h10-11H,3-9H2,1-2H3/q+1. The molecule has 0 aromatic rings. The fourth-order valence-electron chi connectivity index (χ4n) is 1.10. The lowest BCUT2D eigenvalue weighted by atomic mass is 10.1. The minimum atomic E-state index is 0.674. The first-order valence-corrected chi connectivity index (χ1v) is 4.90. The van der Waals surface area contributed by atoms with E-state index in [0.717, 1.165) is 6.54 Å². The molecule has 3 heteroatoms. The molecule has 0 aliphatic carbocycles. The second-order valence-electron chi connectivity index (χ2n) is 3.27. The summed E-state index contributed by atoms with van der Waals surface area (Å²) in [5.41, 5.74) is 7.09. The summed E-state index contributed by atoms with van der Waals surface area (Å²) in [6.07, 6.45) is 6.59. The normalized spacial score (nSPS) is 10.2. The van der Waals surface area contributed by atoms with Gasteiger partial charge in [0.2, 0.25) is 6.67 Å². The molecule has 3 nitrogen and oxygen atoms in total. The zero-order valence-corrected chi connectivity index (χ0v) is 8.40. The Labute approximate surface area is 75.7 Å². The van der Waals surface area contributed by atoms with Crippen LogP contribution in [0.2, 0.25) is 0 Å². The second kappa shape index (κ2) is 8.65. The van der Waals surface area contributed by atoms with E-state index in [0.29, 0.717) is 6.67 Å². The first-order valence-electron chi connectivity index (χ1n) is 4.90. The highest BCUT2D eigenvalue weighted by atomic mass is 15.2. The summed E-state index contributed by atoms with van der Waals surface area (Å²) in [6.45, 7) is 3.95. The lowest BCUT2D eigenvalue weighted by Crippen LogP contribution is -2.23. The van der Waals surface area contributed by atoms with Gasteiger partial charge in [-0.1, -0.05) is 38.1 Å². The van der Waals surface area contributed by atoms with Gasteiger partial charge in [-0.2, -0.15) is 0 Å². The molecule has 0 fully saturated rings. The van der Waals surface area contributed by atoms with Gasteiger partial charge in [-0.3, -0.25) is 5.32 Å². The van der Waals surface area contributed by atoms with Crippen LogP contribution >= 0.6 is 0 Å². The maximum Gasteiger partial charge on any atom is 0.221 e. The third-order valence-electron chi connectivity index (χ3n) is 1.81. The average Bonchev–Trinajstić information content (AvgIpc) is 2.02. The molecule has 0 amide bonds. The number of rotatable bonds is 8. The van der Waals surface area contributed by atoms with Crippen LogP contribution in [0.25, 0.3) is 0 Å². The Balaban J connectivity index is 2.86. The van der Waals surface area contributed by atoms with Gasteiger partial charge in [0.15, 0.2) is 7.05 Å². The largest absolute Gasteiger partial charge is 0.260 e. The van der Waals surface area contributed by atoms with E-state index in [4.69, 9.17) is 5.53 Å². The van der Waals surface area contributed by atoms with Crippen molar-refractivity contribution in [2.45, 2.75) is 39.0 Å². The van der Waals surface area contributed by atoms with Gasteiger partial charge in [0.25, 0.3) is 0 Å². The van der Waals surface area contributed by atoms with Gasteiger partial charge < -0.3 is 0 Å². The third-order valence-corrected chi connectivity index (χ3v) is 1.81. The Kier molecular flexibility index (Phi) is 8.34. The molecule has 0 aromatic carbocycles. The first-order chi connectivity index (χ1) is 5.77. The van der Waals surface area contributed by atoms with Crippen molar-refractivity contribution >= 4 is 0 Å². The van der Waals surface area contributed by atoms with Gasteiger partial charge >= 0.3 is 0 Å². The molecule has 0 aromatic heterocycles. The molecule has 2 N–H and O–H groups in total. The molecule has 0 rings (SSSR count). The van der Waals surface area contributed by atoms with Crippen molar-refractivity contribution in [1.82, 2.24) is 5.32 Å². The van der Waals surface area contributed by atoms with Crippen molar-refractivity contribution in [2.75, 3.05) is 20.3 Å². The zero-order chi connectivity index (χ0) is 9.23. The molecule has 12 heavy (non-hydrogen) atoms. The van der Waals surface area contributed by atoms with E-state index < -0.39 is 0 Å². The highest BCUT2D eigenvalue weighted by molar-refractivity contribution is 4.44. The Bertz CT molecular complexity index is 112. The predicted molar refractivity (Wildman–Crippen MR) is 50.5 cm³/mol. The smallest absolute Gasteiger partial charge is 0.221 e. The molecule has 0 radical (unpaired) electrons. The van der Waals surface area contributed by atoms with E-state index in [1.165, 1.54) is 36.8 Å². The minimum Gasteiger partial charge on any atom is -0.260 e. The second-order valence-corrected chi connectivity index (χ2v) is 3.27. The van der Waals surface area contributed by atoms with Crippen molar-refractivity contribution in [3.8, 4) is 0 Å². The van der Waals surface area contributed by atoms with Gasteiger partial charge in [-0.25, -0.2) is 0 Å². The number of nitrogens with zero attached hydrogens (tertiary/aromatic N) is 1. The fraction of sp³-hybridized carbons (Fsp3) is 1.00. The third kappa shape index (κ3) is 9.56. The molecular weight excluding hydrogens is 150 g/mol. The molecule has 0 aliphatic heterocycles. The quantitative estimate of drug-likeness (QED) is 0.250. The molecule has 0 heterocycles. The van der Waals surface area contributed by atoms with Crippen molar-refractivity contribution in [2.24, 2.45) is 0 Å². The van der Waals surface area contributed by atoms with E-state index in [9.17, 15) is 0 Å². The Morgan fingerprint density at radius 1 is 1.17 bits per heavy atom. The van der Waals surface area contributed by atoms with Gasteiger partial charge in [-0.05, 0) is 6.42 Å². The molecule has 0 bridgehead atoms. The van der Waals surface area contributed by atoms with Gasteiger partial charge in [0.1, 0.15) is 0 Å². The molecule has 0 unspecified atom stereocenters. The number of nitrogens with one attached hydrogen (secondary N) is 2. The Hall–Kier alpha value is -0.440. The topological polar surface area (TPSA) is 38.9 Å². The molecule has 0 spiro atoms. The molecule has 72 valence electrons. The Morgan fingerprint density at radius 2 is 1.83 bits per heavy atom. The van der Waals surface area contributed by atoms with Crippen LogP contribution in [0.4, 0.5) is 0 Å². The van der Waals surface area contributed by atoms with Crippen LogP contribution in [0.1, 0.15) is 39.0 Å². The van der Waals surface area contributed by atoms with Crippen LogP contribution in [0.15, 0.2) is 0 Å². The molecule has 0 atom stereocenters. The van der Waals surface area contributed by atoms with Crippen LogP contribution in [-0.4, -0.2) is 25.0 Å². The molecule has 0 aliphatic rings. The van der Waals surface area contributed by atoms with E-state index in [2.05, 4.69) is 12.2 Å². The maximum absolute atomic E-state index is 7.09. The minimum absolute atomic E-state index is 0.674. The average molecular weight is 172 g/mol. The van der Waals surface area contributed by atoms with Gasteiger partial charge in [0, 0.05) is 6.54 Å². The summed E-state index contributed by atoms with van der Waals surface area (Å²) in [7, 11) is 1.75.